The van der Waals surface area contributed by atoms with E-state index in [1.54, 1.807) is 0 Å². The molecule has 3 rings (SSSR count). The largest absolute Gasteiger partial charge is 0.364 e. The minimum atomic E-state index is -0.358. The van der Waals surface area contributed by atoms with E-state index >= 15 is 0 Å². The van der Waals surface area contributed by atoms with E-state index in [4.69, 9.17) is 5.73 Å². The van der Waals surface area contributed by atoms with Gasteiger partial charge in [0.25, 0.3) is 5.91 Å². The van der Waals surface area contributed by atoms with Crippen LogP contribution in [0.1, 0.15) is 31.5 Å². The van der Waals surface area contributed by atoms with E-state index in [9.17, 15) is 4.79 Å². The van der Waals surface area contributed by atoms with Gasteiger partial charge in [0.05, 0.1) is 0 Å². The molecular weight excluding hydrogens is 302 g/mol. The third-order valence-electron chi connectivity index (χ3n) is 4.84. The number of allylic oxidation sites excluding steroid dienone is 2. The number of carbonyl (C=O) groups is 1. The Labute approximate surface area is 143 Å². The summed E-state index contributed by atoms with van der Waals surface area (Å²) in [5.41, 5.74) is 9.67. The number of carbonyl (C=O) groups excluding carboxylic acids is 1. The highest BCUT2D eigenvalue weighted by atomic mass is 16.1. The van der Waals surface area contributed by atoms with Crippen molar-refractivity contribution in [1.29, 1.82) is 0 Å². The quantitative estimate of drug-likeness (QED) is 0.913. The van der Waals surface area contributed by atoms with Crippen LogP contribution in [0.4, 0.5) is 5.95 Å². The first-order valence-corrected chi connectivity index (χ1v) is 8.41. The van der Waals surface area contributed by atoms with Crippen LogP contribution in [0.25, 0.3) is 0 Å². The average molecular weight is 327 g/mol. The highest BCUT2D eigenvalue weighted by Crippen LogP contribution is 2.36. The number of nitrogens with two attached hydrogens (primary N) is 1. The number of hydrogen-bond donors (Lipinski definition) is 1. The molecule has 2 N–H and O–H groups in total. The van der Waals surface area contributed by atoms with Crippen molar-refractivity contribution in [2.45, 2.75) is 39.2 Å². The fourth-order valence-electron chi connectivity index (χ4n) is 3.68. The molecule has 1 aliphatic carbocycles. The zero-order valence-corrected chi connectivity index (χ0v) is 14.8. The van der Waals surface area contributed by atoms with Crippen LogP contribution < -0.4 is 10.6 Å². The summed E-state index contributed by atoms with van der Waals surface area (Å²) < 4.78 is 0. The Balaban J connectivity index is 1.89. The molecule has 6 heteroatoms. The Kier molecular flexibility index (Phi) is 4.30. The average Bonchev–Trinajstić information content (AvgIpc) is 2.90. The standard InChI is InChI=1S/C18H25N5O/c1-5-15-11(2)8-16(17(19)24)23(15)13-6-7-14-12(9-13)10-20-18(21-14)22(3)4/h5,8,10-11,13H,6-7,9H2,1-4H3,(H2,19,24). The smallest absolute Gasteiger partial charge is 0.265 e. The van der Waals surface area contributed by atoms with Crippen LogP contribution in [0.3, 0.4) is 0 Å². The summed E-state index contributed by atoms with van der Waals surface area (Å²) in [4.78, 5) is 25.0. The summed E-state index contributed by atoms with van der Waals surface area (Å²) in [7, 11) is 3.89. The lowest BCUT2D eigenvalue weighted by Crippen LogP contribution is -2.40. The number of amides is 1. The van der Waals surface area contributed by atoms with E-state index in [1.165, 1.54) is 0 Å². The van der Waals surface area contributed by atoms with E-state index in [1.807, 2.05) is 38.2 Å². The molecule has 2 unspecified atom stereocenters. The molecule has 0 spiro atoms. The first-order valence-electron chi connectivity index (χ1n) is 8.41. The SMILES string of the molecule is CC=C1C(C)C=C(C(N)=O)N1C1CCc2nc(N(C)C)ncc2C1. The fourth-order valence-corrected chi connectivity index (χ4v) is 3.68. The van der Waals surface area contributed by atoms with E-state index < -0.39 is 0 Å². The molecule has 0 radical (unpaired) electrons. The van der Waals surface area contributed by atoms with Gasteiger partial charge in [-0.05, 0) is 37.8 Å². The molecule has 0 saturated carbocycles. The lowest BCUT2D eigenvalue weighted by Gasteiger charge is -2.36. The van der Waals surface area contributed by atoms with E-state index in [2.05, 4.69) is 27.9 Å². The minimum Gasteiger partial charge on any atom is -0.364 e. The van der Waals surface area contributed by atoms with Gasteiger partial charge in [-0.25, -0.2) is 9.97 Å². The van der Waals surface area contributed by atoms with Gasteiger partial charge in [0.2, 0.25) is 5.95 Å². The molecule has 1 aromatic heterocycles. The first kappa shape index (κ1) is 16.5. The number of aromatic nitrogens is 2. The monoisotopic (exact) mass is 327 g/mol. The summed E-state index contributed by atoms with van der Waals surface area (Å²) in [6.07, 6.45) is 8.64. The van der Waals surface area contributed by atoms with Crippen LogP contribution in [0.5, 0.6) is 0 Å². The molecule has 1 aliphatic heterocycles. The zero-order chi connectivity index (χ0) is 17.4. The Morgan fingerprint density at radius 3 is 2.83 bits per heavy atom. The van der Waals surface area contributed by atoms with Gasteiger partial charge in [-0.1, -0.05) is 13.0 Å². The fraction of sp³-hybridized carbons (Fsp3) is 0.500. The van der Waals surface area contributed by atoms with Crippen LogP contribution >= 0.6 is 0 Å². The molecule has 6 nitrogen and oxygen atoms in total. The third kappa shape index (κ3) is 2.77. The highest BCUT2D eigenvalue weighted by Gasteiger charge is 2.36. The van der Waals surface area contributed by atoms with Crippen molar-refractivity contribution < 1.29 is 4.79 Å². The normalized spacial score (nSPS) is 24.8. The Bertz CT molecular complexity index is 722. The van der Waals surface area contributed by atoms with Gasteiger partial charge in [-0.15, -0.1) is 0 Å². The molecule has 2 heterocycles. The zero-order valence-electron chi connectivity index (χ0n) is 14.8. The Morgan fingerprint density at radius 2 is 2.21 bits per heavy atom. The number of rotatable bonds is 3. The highest BCUT2D eigenvalue weighted by molar-refractivity contribution is 5.92. The number of nitrogens with zero attached hydrogens (tertiary/aromatic N) is 4. The van der Waals surface area contributed by atoms with Crippen LogP contribution in [0, 0.1) is 5.92 Å². The molecule has 2 atom stereocenters. The predicted molar refractivity (Wildman–Crippen MR) is 94.2 cm³/mol. The minimum absolute atomic E-state index is 0.214. The Morgan fingerprint density at radius 1 is 1.46 bits per heavy atom. The topological polar surface area (TPSA) is 75.4 Å². The molecule has 2 aliphatic rings. The second-order valence-electron chi connectivity index (χ2n) is 6.72. The number of fused-ring (bicyclic) bond motifs is 1. The number of aryl methyl sites for hydroxylation is 1. The van der Waals surface area contributed by atoms with Crippen molar-refractivity contribution in [3.63, 3.8) is 0 Å². The van der Waals surface area contributed by atoms with Crippen molar-refractivity contribution in [2.24, 2.45) is 11.7 Å². The lowest BCUT2D eigenvalue weighted by molar-refractivity contribution is -0.116. The molecule has 0 aromatic carbocycles. The Hall–Kier alpha value is -2.37. The lowest BCUT2D eigenvalue weighted by atomic mass is 9.91. The van der Waals surface area contributed by atoms with Gasteiger partial charge in [-0.2, -0.15) is 0 Å². The molecule has 128 valence electrons. The van der Waals surface area contributed by atoms with Crippen molar-refractivity contribution in [1.82, 2.24) is 14.9 Å². The van der Waals surface area contributed by atoms with Gasteiger partial charge in [0.15, 0.2) is 0 Å². The van der Waals surface area contributed by atoms with Gasteiger partial charge >= 0.3 is 0 Å². The molecule has 0 bridgehead atoms. The van der Waals surface area contributed by atoms with Crippen LogP contribution in [0.2, 0.25) is 0 Å². The summed E-state index contributed by atoms with van der Waals surface area (Å²) in [5, 5.41) is 0. The summed E-state index contributed by atoms with van der Waals surface area (Å²) >= 11 is 0. The van der Waals surface area contributed by atoms with E-state index in [0.29, 0.717) is 5.70 Å². The molecule has 0 fully saturated rings. The maximum Gasteiger partial charge on any atom is 0.265 e. The second kappa shape index (κ2) is 6.26. The van der Waals surface area contributed by atoms with Crippen LogP contribution in [-0.4, -0.2) is 40.9 Å². The summed E-state index contributed by atoms with van der Waals surface area (Å²) in [5.74, 6) is 0.601. The maximum absolute atomic E-state index is 11.9. The van der Waals surface area contributed by atoms with Crippen LogP contribution in [0.15, 0.2) is 29.7 Å². The molecule has 24 heavy (non-hydrogen) atoms. The molecule has 0 saturated heterocycles. The van der Waals surface area contributed by atoms with E-state index in [0.717, 1.165) is 42.2 Å². The first-order chi connectivity index (χ1) is 11.4. The van der Waals surface area contributed by atoms with E-state index in [-0.39, 0.29) is 17.9 Å². The molecule has 1 amide bonds. The van der Waals surface area contributed by atoms with Crippen molar-refractivity contribution >= 4 is 11.9 Å². The van der Waals surface area contributed by atoms with Crippen molar-refractivity contribution in [3.05, 3.63) is 41.0 Å². The maximum atomic E-state index is 11.9. The van der Waals surface area contributed by atoms with Gasteiger partial charge in [0.1, 0.15) is 5.70 Å². The second-order valence-corrected chi connectivity index (χ2v) is 6.72. The van der Waals surface area contributed by atoms with Crippen molar-refractivity contribution in [2.75, 3.05) is 19.0 Å². The van der Waals surface area contributed by atoms with Gasteiger partial charge in [0, 0.05) is 43.6 Å². The third-order valence-corrected chi connectivity index (χ3v) is 4.84. The van der Waals surface area contributed by atoms with Gasteiger partial charge < -0.3 is 15.5 Å². The molecular formula is C18H25N5O. The van der Waals surface area contributed by atoms with Gasteiger partial charge in [-0.3, -0.25) is 4.79 Å². The summed E-state index contributed by atoms with van der Waals surface area (Å²) in [6, 6.07) is 0.223. The van der Waals surface area contributed by atoms with Crippen molar-refractivity contribution in [3.8, 4) is 0 Å². The predicted octanol–water partition coefficient (Wildman–Crippen LogP) is 1.62. The van der Waals surface area contributed by atoms with Crippen LogP contribution in [-0.2, 0) is 17.6 Å². The number of hydrogen-bond acceptors (Lipinski definition) is 5. The molecule has 1 aromatic rings. The number of primary amides is 1. The number of anilines is 1. The summed E-state index contributed by atoms with van der Waals surface area (Å²) in [6.45, 7) is 4.11.